The van der Waals surface area contributed by atoms with E-state index in [2.05, 4.69) is 17.1 Å². The molecule has 0 saturated heterocycles. The fourth-order valence-electron chi connectivity index (χ4n) is 2.30. The Labute approximate surface area is 124 Å². The maximum atomic E-state index is 12.5. The molecule has 3 rings (SSSR count). The lowest BCUT2D eigenvalue weighted by molar-refractivity contribution is 0.103. The predicted molar refractivity (Wildman–Crippen MR) is 84.3 cm³/mol. The Kier molecular flexibility index (Phi) is 3.61. The van der Waals surface area contributed by atoms with Crippen molar-refractivity contribution in [2.24, 2.45) is 0 Å². The summed E-state index contributed by atoms with van der Waals surface area (Å²) >= 11 is 0. The largest absolute Gasteiger partial charge is 0.289 e. The Hall–Kier alpha value is -2.74. The first-order valence-electron chi connectivity index (χ1n) is 6.86. The normalized spacial score (nSPS) is 10.3. The fourth-order valence-corrected chi connectivity index (χ4v) is 2.30. The number of hydrogen-bond acceptors (Lipinski definition) is 2. The number of aromatic nitrogens is 1. The molecule has 0 amide bonds. The zero-order valence-electron chi connectivity index (χ0n) is 11.8. The van der Waals surface area contributed by atoms with Gasteiger partial charge in [0.15, 0.2) is 5.78 Å². The molecule has 102 valence electrons. The van der Waals surface area contributed by atoms with Crippen molar-refractivity contribution in [3.05, 3.63) is 89.7 Å². The first-order chi connectivity index (χ1) is 10.3. The van der Waals surface area contributed by atoms with E-state index in [0.717, 1.165) is 16.7 Å². The Morgan fingerprint density at radius 2 is 1.52 bits per heavy atom. The van der Waals surface area contributed by atoms with Gasteiger partial charge >= 0.3 is 0 Å². The van der Waals surface area contributed by atoms with Gasteiger partial charge in [-0.3, -0.25) is 9.78 Å². The van der Waals surface area contributed by atoms with E-state index in [4.69, 9.17) is 0 Å². The summed E-state index contributed by atoms with van der Waals surface area (Å²) < 4.78 is 0. The van der Waals surface area contributed by atoms with E-state index in [1.807, 2.05) is 55.5 Å². The molecule has 2 heteroatoms. The van der Waals surface area contributed by atoms with Crippen molar-refractivity contribution in [1.82, 2.24) is 4.98 Å². The number of benzene rings is 2. The molecule has 0 aliphatic heterocycles. The highest BCUT2D eigenvalue weighted by molar-refractivity contribution is 6.09. The SMILES string of the molecule is Cc1ccncc1C(=O)c1ccc(-c2ccccc2)cc1. The third-order valence-corrected chi connectivity index (χ3v) is 3.54. The zero-order valence-corrected chi connectivity index (χ0v) is 11.8. The van der Waals surface area contributed by atoms with Gasteiger partial charge < -0.3 is 0 Å². The van der Waals surface area contributed by atoms with E-state index in [1.54, 1.807) is 12.4 Å². The molecule has 1 aromatic heterocycles. The van der Waals surface area contributed by atoms with Crippen molar-refractivity contribution in [2.75, 3.05) is 0 Å². The monoisotopic (exact) mass is 273 g/mol. The number of pyridine rings is 1. The van der Waals surface area contributed by atoms with Crippen LogP contribution in [0.25, 0.3) is 11.1 Å². The Balaban J connectivity index is 1.91. The van der Waals surface area contributed by atoms with Crippen LogP contribution < -0.4 is 0 Å². The number of ketones is 1. The summed E-state index contributed by atoms with van der Waals surface area (Å²) in [4.78, 5) is 16.5. The van der Waals surface area contributed by atoms with E-state index >= 15 is 0 Å². The lowest BCUT2D eigenvalue weighted by Crippen LogP contribution is -2.04. The number of carbonyl (C=O) groups excluding carboxylic acids is 1. The molecule has 0 unspecified atom stereocenters. The van der Waals surface area contributed by atoms with E-state index in [-0.39, 0.29) is 5.78 Å². The van der Waals surface area contributed by atoms with Gasteiger partial charge in [0.25, 0.3) is 0 Å². The smallest absolute Gasteiger partial charge is 0.194 e. The molecule has 0 fully saturated rings. The maximum absolute atomic E-state index is 12.5. The molecule has 0 spiro atoms. The van der Waals surface area contributed by atoms with Crippen molar-refractivity contribution in [2.45, 2.75) is 6.92 Å². The highest BCUT2D eigenvalue weighted by Crippen LogP contribution is 2.20. The van der Waals surface area contributed by atoms with E-state index < -0.39 is 0 Å². The third kappa shape index (κ3) is 2.75. The minimum absolute atomic E-state index is 0.0141. The molecule has 0 saturated carbocycles. The Morgan fingerprint density at radius 1 is 0.857 bits per heavy atom. The van der Waals surface area contributed by atoms with Crippen molar-refractivity contribution in [1.29, 1.82) is 0 Å². The van der Waals surface area contributed by atoms with Crippen LogP contribution in [-0.2, 0) is 0 Å². The lowest BCUT2D eigenvalue weighted by Gasteiger charge is -2.06. The zero-order chi connectivity index (χ0) is 14.7. The van der Waals surface area contributed by atoms with Crippen LogP contribution in [0.2, 0.25) is 0 Å². The molecule has 1 heterocycles. The topological polar surface area (TPSA) is 30.0 Å². The summed E-state index contributed by atoms with van der Waals surface area (Å²) in [6, 6.07) is 19.7. The van der Waals surface area contributed by atoms with Crippen LogP contribution in [0.1, 0.15) is 21.5 Å². The van der Waals surface area contributed by atoms with Gasteiger partial charge in [-0.2, -0.15) is 0 Å². The number of aryl methyl sites for hydroxylation is 1. The number of rotatable bonds is 3. The Morgan fingerprint density at radius 3 is 2.19 bits per heavy atom. The summed E-state index contributed by atoms with van der Waals surface area (Å²) in [6.45, 7) is 1.92. The molecule has 0 atom stereocenters. The van der Waals surface area contributed by atoms with Crippen molar-refractivity contribution >= 4 is 5.78 Å². The fraction of sp³-hybridized carbons (Fsp3) is 0.0526. The highest BCUT2D eigenvalue weighted by atomic mass is 16.1. The molecule has 0 aliphatic carbocycles. The van der Waals surface area contributed by atoms with Gasteiger partial charge in [0, 0.05) is 23.5 Å². The van der Waals surface area contributed by atoms with Crippen molar-refractivity contribution in [3.63, 3.8) is 0 Å². The molecule has 0 bridgehead atoms. The molecule has 3 aromatic rings. The van der Waals surface area contributed by atoms with Gasteiger partial charge in [-0.25, -0.2) is 0 Å². The summed E-state index contributed by atoms with van der Waals surface area (Å²) in [5, 5.41) is 0. The first kappa shape index (κ1) is 13.3. The number of nitrogens with zero attached hydrogens (tertiary/aromatic N) is 1. The van der Waals surface area contributed by atoms with E-state index in [1.165, 1.54) is 0 Å². The van der Waals surface area contributed by atoms with E-state index in [0.29, 0.717) is 11.1 Å². The second-order valence-corrected chi connectivity index (χ2v) is 4.96. The van der Waals surface area contributed by atoms with Crippen LogP contribution in [-0.4, -0.2) is 10.8 Å². The van der Waals surface area contributed by atoms with E-state index in [9.17, 15) is 4.79 Å². The van der Waals surface area contributed by atoms with Crippen LogP contribution in [0.15, 0.2) is 73.1 Å². The molecule has 2 nitrogen and oxygen atoms in total. The third-order valence-electron chi connectivity index (χ3n) is 3.54. The first-order valence-corrected chi connectivity index (χ1v) is 6.86. The second-order valence-electron chi connectivity index (χ2n) is 4.96. The molecule has 0 radical (unpaired) electrons. The number of carbonyl (C=O) groups is 1. The summed E-state index contributed by atoms with van der Waals surface area (Å²) in [5.74, 6) is 0.0141. The van der Waals surface area contributed by atoms with Gasteiger partial charge in [-0.05, 0) is 29.7 Å². The second kappa shape index (κ2) is 5.71. The lowest BCUT2D eigenvalue weighted by atomic mass is 9.98. The summed E-state index contributed by atoms with van der Waals surface area (Å²) in [6.07, 6.45) is 3.33. The summed E-state index contributed by atoms with van der Waals surface area (Å²) in [5.41, 5.74) is 4.54. The van der Waals surface area contributed by atoms with Gasteiger partial charge in [0.05, 0.1) is 0 Å². The summed E-state index contributed by atoms with van der Waals surface area (Å²) in [7, 11) is 0. The molecular formula is C19H15NO. The van der Waals surface area contributed by atoms with Gasteiger partial charge in [-0.1, -0.05) is 54.6 Å². The van der Waals surface area contributed by atoms with Crippen molar-refractivity contribution in [3.8, 4) is 11.1 Å². The minimum Gasteiger partial charge on any atom is -0.289 e. The average Bonchev–Trinajstić information content (AvgIpc) is 2.56. The van der Waals surface area contributed by atoms with Gasteiger partial charge in [0.1, 0.15) is 0 Å². The van der Waals surface area contributed by atoms with Crippen LogP contribution in [0.3, 0.4) is 0 Å². The van der Waals surface area contributed by atoms with Crippen LogP contribution in [0, 0.1) is 6.92 Å². The van der Waals surface area contributed by atoms with Crippen LogP contribution >= 0.6 is 0 Å². The number of hydrogen-bond donors (Lipinski definition) is 0. The minimum atomic E-state index is 0.0141. The van der Waals surface area contributed by atoms with Crippen LogP contribution in [0.5, 0.6) is 0 Å². The molecule has 0 aliphatic rings. The predicted octanol–water partition coefficient (Wildman–Crippen LogP) is 4.29. The molecular weight excluding hydrogens is 258 g/mol. The Bertz CT molecular complexity index is 761. The molecule has 2 aromatic carbocycles. The average molecular weight is 273 g/mol. The van der Waals surface area contributed by atoms with Gasteiger partial charge in [-0.15, -0.1) is 0 Å². The van der Waals surface area contributed by atoms with Gasteiger partial charge in [0.2, 0.25) is 0 Å². The highest BCUT2D eigenvalue weighted by Gasteiger charge is 2.11. The molecule has 21 heavy (non-hydrogen) atoms. The maximum Gasteiger partial charge on any atom is 0.194 e. The quantitative estimate of drug-likeness (QED) is 0.666. The standard InChI is InChI=1S/C19H15NO/c1-14-11-12-20-13-18(14)19(21)17-9-7-16(8-10-17)15-5-3-2-4-6-15/h2-13H,1H3. The van der Waals surface area contributed by atoms with Crippen molar-refractivity contribution < 1.29 is 4.79 Å². The van der Waals surface area contributed by atoms with Crippen LogP contribution in [0.4, 0.5) is 0 Å². The molecule has 0 N–H and O–H groups in total.